The van der Waals surface area contributed by atoms with Gasteiger partial charge in [0.25, 0.3) is 3.91 Å². The summed E-state index contributed by atoms with van der Waals surface area (Å²) < 4.78 is 5.73. The predicted molar refractivity (Wildman–Crippen MR) is 82.1 cm³/mol. The molecule has 0 saturated carbocycles. The van der Waals surface area contributed by atoms with Crippen molar-refractivity contribution in [3.05, 3.63) is 0 Å². The van der Waals surface area contributed by atoms with E-state index in [4.69, 9.17) is 4.74 Å². The Hall–Kier alpha value is 0.120. The molecule has 108 valence electrons. The van der Waals surface area contributed by atoms with Gasteiger partial charge in [-0.05, 0) is 25.2 Å². The Balaban J connectivity index is 4.22. The van der Waals surface area contributed by atoms with Crippen molar-refractivity contribution in [2.75, 3.05) is 13.2 Å². The van der Waals surface area contributed by atoms with Gasteiger partial charge >= 0.3 is 0 Å². The van der Waals surface area contributed by atoms with Crippen LogP contribution >= 0.6 is 22.6 Å². The molecule has 2 unspecified atom stereocenters. The summed E-state index contributed by atoms with van der Waals surface area (Å²) in [7, 11) is 0. The van der Waals surface area contributed by atoms with Gasteiger partial charge in [-0.3, -0.25) is 4.79 Å². The first-order chi connectivity index (χ1) is 8.17. The maximum absolute atomic E-state index is 10.7. The normalized spacial score (nSPS) is 16.7. The monoisotopic (exact) mass is 371 g/mol. The Labute approximate surface area is 124 Å². The Morgan fingerprint density at radius 1 is 1.39 bits per heavy atom. The molecule has 0 fully saturated rings. The number of hydrogen-bond donors (Lipinski definition) is 2. The second-order valence-electron chi connectivity index (χ2n) is 5.68. The van der Waals surface area contributed by atoms with Gasteiger partial charge in [0.05, 0.1) is 18.3 Å². The van der Waals surface area contributed by atoms with E-state index in [0.717, 1.165) is 6.42 Å². The zero-order valence-electron chi connectivity index (χ0n) is 12.0. The number of halogens is 1. The molecule has 5 heteroatoms. The van der Waals surface area contributed by atoms with Gasteiger partial charge in [0.2, 0.25) is 0 Å². The summed E-state index contributed by atoms with van der Waals surface area (Å²) >= 11 is 1.65. The average molecular weight is 371 g/mol. The lowest BCUT2D eigenvalue weighted by molar-refractivity contribution is -0.104. The van der Waals surface area contributed by atoms with Crippen LogP contribution in [0.4, 0.5) is 4.79 Å². The van der Waals surface area contributed by atoms with Gasteiger partial charge in [-0.2, -0.15) is 0 Å². The van der Waals surface area contributed by atoms with Gasteiger partial charge in [-0.25, -0.2) is 0 Å². The van der Waals surface area contributed by atoms with Crippen molar-refractivity contribution in [2.24, 2.45) is 11.8 Å². The molecule has 0 saturated heterocycles. The lowest BCUT2D eigenvalue weighted by atomic mass is 9.84. The van der Waals surface area contributed by atoms with Crippen molar-refractivity contribution in [2.45, 2.75) is 52.7 Å². The van der Waals surface area contributed by atoms with Crippen LogP contribution in [0.5, 0.6) is 0 Å². The van der Waals surface area contributed by atoms with Gasteiger partial charge in [0.15, 0.2) is 0 Å². The van der Waals surface area contributed by atoms with Gasteiger partial charge in [-0.1, -0.05) is 27.7 Å². The number of hydrogen-bond acceptors (Lipinski definition) is 3. The summed E-state index contributed by atoms with van der Waals surface area (Å²) in [6.45, 7) is 11.1. The Morgan fingerprint density at radius 3 is 2.33 bits per heavy atom. The Kier molecular flexibility index (Phi) is 8.38. The Morgan fingerprint density at radius 2 is 1.94 bits per heavy atom. The number of amides is 1. The van der Waals surface area contributed by atoms with Gasteiger partial charge in [-0.15, -0.1) is 0 Å². The van der Waals surface area contributed by atoms with Crippen molar-refractivity contribution in [1.29, 1.82) is 0 Å². The maximum Gasteiger partial charge on any atom is 0.280 e. The molecular formula is C13H26INO3. The molecule has 0 heterocycles. The van der Waals surface area contributed by atoms with E-state index in [9.17, 15) is 9.90 Å². The van der Waals surface area contributed by atoms with Crippen LogP contribution in [-0.2, 0) is 4.74 Å². The zero-order chi connectivity index (χ0) is 14.3. The number of nitrogens with one attached hydrogen (secondary N) is 1. The number of carbonyl (C=O) groups excluding carboxylic acids is 1. The molecule has 18 heavy (non-hydrogen) atoms. The first-order valence-corrected chi connectivity index (χ1v) is 7.50. The topological polar surface area (TPSA) is 58.6 Å². The third kappa shape index (κ3) is 7.53. The van der Waals surface area contributed by atoms with Gasteiger partial charge in [0.1, 0.15) is 0 Å². The van der Waals surface area contributed by atoms with Gasteiger partial charge in [0, 0.05) is 29.1 Å². The lowest BCUT2D eigenvalue weighted by Gasteiger charge is -2.36. The van der Waals surface area contributed by atoms with Crippen LogP contribution in [0.25, 0.3) is 0 Å². The molecular weight excluding hydrogens is 345 g/mol. The molecule has 0 radical (unpaired) electrons. The number of rotatable bonds is 8. The van der Waals surface area contributed by atoms with E-state index in [1.54, 1.807) is 22.6 Å². The van der Waals surface area contributed by atoms with Crippen LogP contribution in [0.1, 0.15) is 41.0 Å². The highest BCUT2D eigenvalue weighted by molar-refractivity contribution is 14.1. The number of aliphatic hydroxyl groups is 1. The fourth-order valence-electron chi connectivity index (χ4n) is 1.82. The maximum atomic E-state index is 10.7. The van der Waals surface area contributed by atoms with E-state index in [0.29, 0.717) is 11.8 Å². The van der Waals surface area contributed by atoms with E-state index >= 15 is 0 Å². The van der Waals surface area contributed by atoms with Crippen molar-refractivity contribution in [3.63, 3.8) is 0 Å². The predicted octanol–water partition coefficient (Wildman–Crippen LogP) is 2.97. The van der Waals surface area contributed by atoms with E-state index in [1.165, 1.54) is 0 Å². The third-order valence-corrected chi connectivity index (χ3v) is 3.50. The number of aliphatic hydroxyl groups excluding tert-OH is 1. The van der Waals surface area contributed by atoms with Crippen molar-refractivity contribution in [3.8, 4) is 0 Å². The standard InChI is InChI=1S/C13H26INO3/c1-9(2)6-13(5,10(3)4)18-8-11(16)7-15-12(14)17/h9-11,16H,6-8H2,1-5H3,(H,15,17). The zero-order valence-corrected chi connectivity index (χ0v) is 14.2. The van der Waals surface area contributed by atoms with Gasteiger partial charge < -0.3 is 15.2 Å². The summed E-state index contributed by atoms with van der Waals surface area (Å²) in [6, 6.07) is 0. The second kappa shape index (κ2) is 8.32. The minimum Gasteiger partial charge on any atom is -0.389 e. The fourth-order valence-corrected chi connectivity index (χ4v) is 2.04. The molecule has 2 atom stereocenters. The molecule has 0 bridgehead atoms. The van der Waals surface area contributed by atoms with Crippen molar-refractivity contribution < 1.29 is 14.6 Å². The van der Waals surface area contributed by atoms with Crippen LogP contribution in [0.15, 0.2) is 0 Å². The summed E-state index contributed by atoms with van der Waals surface area (Å²) in [4.78, 5) is 10.7. The lowest BCUT2D eigenvalue weighted by Crippen LogP contribution is -2.41. The summed E-state index contributed by atoms with van der Waals surface area (Å²) in [5, 5.41) is 12.3. The SMILES string of the molecule is CC(C)CC(C)(OCC(O)CNC(=O)I)C(C)C. The average Bonchev–Trinajstić information content (AvgIpc) is 2.22. The molecule has 1 amide bonds. The van der Waals surface area contributed by atoms with Crippen LogP contribution in [0.3, 0.4) is 0 Å². The number of ether oxygens (including phenoxy) is 1. The fraction of sp³-hybridized carbons (Fsp3) is 0.923. The molecule has 0 aromatic carbocycles. The minimum atomic E-state index is -0.658. The molecule has 0 aromatic heterocycles. The largest absolute Gasteiger partial charge is 0.389 e. The molecule has 0 aliphatic carbocycles. The molecule has 0 aliphatic heterocycles. The highest BCUT2D eigenvalue weighted by atomic mass is 127. The van der Waals surface area contributed by atoms with E-state index in [2.05, 4.69) is 39.9 Å². The van der Waals surface area contributed by atoms with Crippen molar-refractivity contribution in [1.82, 2.24) is 5.32 Å². The highest BCUT2D eigenvalue weighted by Gasteiger charge is 2.30. The summed E-state index contributed by atoms with van der Waals surface area (Å²) in [6.07, 6.45) is 0.296. The summed E-state index contributed by atoms with van der Waals surface area (Å²) in [5.74, 6) is 0.926. The first-order valence-electron chi connectivity index (χ1n) is 6.42. The third-order valence-electron chi connectivity index (χ3n) is 3.12. The van der Waals surface area contributed by atoms with E-state index < -0.39 is 6.10 Å². The van der Waals surface area contributed by atoms with Crippen LogP contribution in [-0.4, -0.2) is 33.9 Å². The quantitative estimate of drug-likeness (QED) is 0.392. The first kappa shape index (κ1) is 18.1. The smallest absolute Gasteiger partial charge is 0.280 e. The molecule has 0 aromatic rings. The van der Waals surface area contributed by atoms with E-state index in [-0.39, 0.29) is 22.7 Å². The van der Waals surface area contributed by atoms with Crippen LogP contribution < -0.4 is 5.32 Å². The second-order valence-corrected chi connectivity index (χ2v) is 6.66. The van der Waals surface area contributed by atoms with Crippen LogP contribution in [0, 0.1) is 11.8 Å². The molecule has 2 N–H and O–H groups in total. The number of carbonyl (C=O) groups is 1. The molecule has 0 rings (SSSR count). The summed E-state index contributed by atoms with van der Waals surface area (Å²) in [5.41, 5.74) is -0.233. The van der Waals surface area contributed by atoms with Crippen molar-refractivity contribution >= 4 is 26.5 Å². The molecule has 0 spiro atoms. The molecule has 4 nitrogen and oxygen atoms in total. The molecule has 0 aliphatic rings. The van der Waals surface area contributed by atoms with Crippen LogP contribution in [0.2, 0.25) is 0 Å². The van der Waals surface area contributed by atoms with E-state index in [1.807, 2.05) is 0 Å². The minimum absolute atomic E-state index is 0.166. The highest BCUT2D eigenvalue weighted by Crippen LogP contribution is 2.29. The Bertz CT molecular complexity index is 259.